The standard InChI is InChI=1S/C24H27ClN4O2/c1-16-12-22(29(14-16)11-10-26)24(31)27-21-13-19(8-9-20(21)25)17-4-6-18(7-5-17)23(30)15-28(2)3/h4-9,13,16,22H,11-12,14-15H2,1-3H3,(H,27,31)/t16-,22-/m0/s1. The molecule has 3 rings (SSSR count). The van der Waals surface area contributed by atoms with Crippen LogP contribution in [0.2, 0.25) is 5.02 Å². The predicted octanol–water partition coefficient (Wildman–Crippen LogP) is 3.92. The van der Waals surface area contributed by atoms with Gasteiger partial charge in [0, 0.05) is 12.1 Å². The molecular formula is C24H27ClN4O2. The normalized spacial score (nSPS) is 18.7. The van der Waals surface area contributed by atoms with Crippen LogP contribution in [0.5, 0.6) is 0 Å². The van der Waals surface area contributed by atoms with Gasteiger partial charge in [-0.25, -0.2) is 0 Å². The third kappa shape index (κ3) is 5.71. The van der Waals surface area contributed by atoms with Crippen LogP contribution in [0.25, 0.3) is 11.1 Å². The summed E-state index contributed by atoms with van der Waals surface area (Å²) >= 11 is 6.35. The van der Waals surface area contributed by atoms with Crippen molar-refractivity contribution in [2.75, 3.05) is 39.0 Å². The molecule has 2 aromatic rings. The average molecular weight is 439 g/mol. The van der Waals surface area contributed by atoms with E-state index in [1.165, 1.54) is 0 Å². The maximum absolute atomic E-state index is 12.9. The van der Waals surface area contributed by atoms with Crippen molar-refractivity contribution in [3.8, 4) is 17.2 Å². The molecule has 1 N–H and O–H groups in total. The number of carbonyl (C=O) groups excluding carboxylic acids is 2. The number of nitrogens with zero attached hydrogens (tertiary/aromatic N) is 3. The van der Waals surface area contributed by atoms with Crippen molar-refractivity contribution in [2.45, 2.75) is 19.4 Å². The Morgan fingerprint density at radius 1 is 1.19 bits per heavy atom. The summed E-state index contributed by atoms with van der Waals surface area (Å²) in [5.41, 5.74) is 3.01. The monoisotopic (exact) mass is 438 g/mol. The maximum atomic E-state index is 12.9. The van der Waals surface area contributed by atoms with Gasteiger partial charge in [0.1, 0.15) is 0 Å². The minimum atomic E-state index is -0.337. The summed E-state index contributed by atoms with van der Waals surface area (Å²) in [5, 5.41) is 12.4. The zero-order chi connectivity index (χ0) is 22.5. The summed E-state index contributed by atoms with van der Waals surface area (Å²) in [7, 11) is 3.73. The van der Waals surface area contributed by atoms with Crippen LogP contribution in [0.4, 0.5) is 5.69 Å². The molecule has 0 radical (unpaired) electrons. The molecule has 1 heterocycles. The van der Waals surface area contributed by atoms with Gasteiger partial charge in [-0.2, -0.15) is 5.26 Å². The summed E-state index contributed by atoms with van der Waals surface area (Å²) in [6, 6.07) is 14.7. The Labute approximate surface area is 188 Å². The number of carbonyl (C=O) groups is 2. The first kappa shape index (κ1) is 23.0. The first-order chi connectivity index (χ1) is 14.8. The van der Waals surface area contributed by atoms with Gasteiger partial charge >= 0.3 is 0 Å². The lowest BCUT2D eigenvalue weighted by molar-refractivity contribution is -0.120. The number of hydrogen-bond acceptors (Lipinski definition) is 5. The fourth-order valence-corrected chi connectivity index (χ4v) is 4.08. The quantitative estimate of drug-likeness (QED) is 0.523. The molecule has 2 aromatic carbocycles. The molecule has 0 aromatic heterocycles. The lowest BCUT2D eigenvalue weighted by atomic mass is 10.0. The van der Waals surface area contributed by atoms with Gasteiger partial charge in [-0.3, -0.25) is 14.5 Å². The van der Waals surface area contributed by atoms with Gasteiger partial charge < -0.3 is 10.2 Å². The van der Waals surface area contributed by atoms with Crippen molar-refractivity contribution in [3.05, 3.63) is 53.1 Å². The van der Waals surface area contributed by atoms with Crippen molar-refractivity contribution in [2.24, 2.45) is 5.92 Å². The number of rotatable bonds is 7. The number of ketones is 1. The van der Waals surface area contributed by atoms with Gasteiger partial charge in [-0.15, -0.1) is 0 Å². The van der Waals surface area contributed by atoms with Crippen molar-refractivity contribution in [1.29, 1.82) is 5.26 Å². The van der Waals surface area contributed by atoms with E-state index in [0.29, 0.717) is 35.2 Å². The van der Waals surface area contributed by atoms with E-state index in [1.807, 2.05) is 60.3 Å². The fraction of sp³-hybridized carbons (Fsp3) is 0.375. The summed E-state index contributed by atoms with van der Waals surface area (Å²) in [5.74, 6) is 0.274. The summed E-state index contributed by atoms with van der Waals surface area (Å²) in [6.45, 7) is 3.41. The zero-order valence-electron chi connectivity index (χ0n) is 18.1. The number of hydrogen-bond donors (Lipinski definition) is 1. The Hall–Kier alpha value is -2.72. The molecule has 1 aliphatic heterocycles. The second-order valence-corrected chi connectivity index (χ2v) is 8.77. The highest BCUT2D eigenvalue weighted by atomic mass is 35.5. The SMILES string of the molecule is C[C@H]1C[C@@H](C(=O)Nc2cc(-c3ccc(C(=O)CN(C)C)cc3)ccc2Cl)N(CC#N)C1. The van der Waals surface area contributed by atoms with Crippen molar-refractivity contribution >= 4 is 29.0 Å². The summed E-state index contributed by atoms with van der Waals surface area (Å²) < 4.78 is 0. The van der Waals surface area contributed by atoms with Gasteiger partial charge in [0.25, 0.3) is 0 Å². The molecule has 2 atom stereocenters. The fourth-order valence-electron chi connectivity index (χ4n) is 3.91. The lowest BCUT2D eigenvalue weighted by Crippen LogP contribution is -2.39. The minimum Gasteiger partial charge on any atom is -0.323 e. The van der Waals surface area contributed by atoms with Crippen molar-refractivity contribution < 1.29 is 9.59 Å². The van der Waals surface area contributed by atoms with E-state index in [1.54, 1.807) is 6.07 Å². The second kappa shape index (κ2) is 10.1. The first-order valence-electron chi connectivity index (χ1n) is 10.3. The van der Waals surface area contributed by atoms with Gasteiger partial charge in [-0.1, -0.05) is 48.9 Å². The van der Waals surface area contributed by atoms with Crippen LogP contribution in [-0.4, -0.2) is 61.3 Å². The molecular weight excluding hydrogens is 412 g/mol. The van der Waals surface area contributed by atoms with Gasteiger partial charge in [0.15, 0.2) is 5.78 Å². The Morgan fingerprint density at radius 2 is 1.87 bits per heavy atom. The molecule has 0 spiro atoms. The van der Waals surface area contributed by atoms with Gasteiger partial charge in [0.2, 0.25) is 5.91 Å². The number of likely N-dealkylation sites (N-methyl/N-ethyl adjacent to an activating group) is 1. The predicted molar refractivity (Wildman–Crippen MR) is 123 cm³/mol. The number of halogens is 1. The Morgan fingerprint density at radius 3 is 2.52 bits per heavy atom. The molecule has 162 valence electrons. The molecule has 0 saturated carbocycles. The number of anilines is 1. The number of Topliss-reactive ketones (excluding diaryl/α,β-unsaturated/α-hetero) is 1. The number of benzene rings is 2. The van der Waals surface area contributed by atoms with Crippen LogP contribution in [0.1, 0.15) is 23.7 Å². The lowest BCUT2D eigenvalue weighted by Gasteiger charge is -2.21. The Balaban J connectivity index is 1.77. The molecule has 1 saturated heterocycles. The van der Waals surface area contributed by atoms with Crippen LogP contribution < -0.4 is 5.32 Å². The molecule has 0 aliphatic carbocycles. The van der Waals surface area contributed by atoms with E-state index in [4.69, 9.17) is 16.9 Å². The van der Waals surface area contributed by atoms with Crippen LogP contribution in [0.3, 0.4) is 0 Å². The van der Waals surface area contributed by atoms with E-state index in [-0.39, 0.29) is 24.3 Å². The molecule has 1 fully saturated rings. The van der Waals surface area contributed by atoms with Crippen LogP contribution in [-0.2, 0) is 4.79 Å². The van der Waals surface area contributed by atoms with Crippen LogP contribution in [0.15, 0.2) is 42.5 Å². The molecule has 7 heteroatoms. The highest BCUT2D eigenvalue weighted by Crippen LogP contribution is 2.30. The molecule has 1 aliphatic rings. The third-order valence-electron chi connectivity index (χ3n) is 5.41. The number of nitriles is 1. The van der Waals surface area contributed by atoms with E-state index < -0.39 is 0 Å². The van der Waals surface area contributed by atoms with Crippen molar-refractivity contribution in [1.82, 2.24) is 9.80 Å². The molecule has 6 nitrogen and oxygen atoms in total. The van der Waals surface area contributed by atoms with Gasteiger partial charge in [-0.05, 0) is 49.7 Å². The average Bonchev–Trinajstić information content (AvgIpc) is 3.10. The maximum Gasteiger partial charge on any atom is 0.241 e. The summed E-state index contributed by atoms with van der Waals surface area (Å²) in [6.07, 6.45) is 0.716. The zero-order valence-corrected chi connectivity index (χ0v) is 18.8. The topological polar surface area (TPSA) is 76.4 Å². The second-order valence-electron chi connectivity index (χ2n) is 8.37. The van der Waals surface area contributed by atoms with Gasteiger partial charge in [0.05, 0.1) is 35.9 Å². The Kier molecular flexibility index (Phi) is 7.45. The minimum absolute atomic E-state index is 0.0633. The number of likely N-dealkylation sites (tertiary alicyclic amines) is 1. The molecule has 0 bridgehead atoms. The van der Waals surface area contributed by atoms with E-state index in [9.17, 15) is 9.59 Å². The van der Waals surface area contributed by atoms with E-state index in [0.717, 1.165) is 17.7 Å². The summed E-state index contributed by atoms with van der Waals surface area (Å²) in [4.78, 5) is 28.8. The number of amides is 1. The Bertz CT molecular complexity index is 998. The van der Waals surface area contributed by atoms with E-state index >= 15 is 0 Å². The molecule has 1 amide bonds. The third-order valence-corrected chi connectivity index (χ3v) is 5.74. The van der Waals surface area contributed by atoms with Crippen LogP contribution >= 0.6 is 11.6 Å². The highest BCUT2D eigenvalue weighted by molar-refractivity contribution is 6.33. The van der Waals surface area contributed by atoms with Crippen molar-refractivity contribution in [3.63, 3.8) is 0 Å². The van der Waals surface area contributed by atoms with Crippen LogP contribution in [0, 0.1) is 17.2 Å². The molecule has 31 heavy (non-hydrogen) atoms. The van der Waals surface area contributed by atoms with E-state index in [2.05, 4.69) is 18.3 Å². The highest BCUT2D eigenvalue weighted by Gasteiger charge is 2.34. The smallest absolute Gasteiger partial charge is 0.241 e. The largest absolute Gasteiger partial charge is 0.323 e. The molecule has 0 unspecified atom stereocenters. The first-order valence-corrected chi connectivity index (χ1v) is 10.7. The number of nitrogens with one attached hydrogen (secondary N) is 1.